The highest BCUT2D eigenvalue weighted by molar-refractivity contribution is 7.90. The molecule has 3 aromatic rings. The number of ether oxygens (including phenoxy) is 3. The van der Waals surface area contributed by atoms with Crippen molar-refractivity contribution in [3.05, 3.63) is 46.8 Å². The van der Waals surface area contributed by atoms with Gasteiger partial charge in [0.2, 0.25) is 4.80 Å². The number of thiazole rings is 1. The van der Waals surface area contributed by atoms with Gasteiger partial charge >= 0.3 is 5.97 Å². The third-order valence-corrected chi connectivity index (χ3v) is 6.82. The molecule has 0 radical (unpaired) electrons. The summed E-state index contributed by atoms with van der Waals surface area (Å²) in [6.45, 7) is 2.54. The van der Waals surface area contributed by atoms with E-state index in [1.165, 1.54) is 23.8 Å². The number of hydrogen-bond acceptors (Lipinski definition) is 7. The number of rotatable bonds is 4. The quantitative estimate of drug-likeness (QED) is 0.585. The Bertz CT molecular complexity index is 1260. The Morgan fingerprint density at radius 3 is 2.48 bits per heavy atom. The second kappa shape index (κ2) is 7.53. The zero-order chi connectivity index (χ0) is 20.6. The Labute approximate surface area is 171 Å². The summed E-state index contributed by atoms with van der Waals surface area (Å²) < 4.78 is 47.8. The number of carbonyl (C=O) groups is 1. The number of hydrogen-bond donors (Lipinski definition) is 0. The number of esters is 1. The molecule has 0 unspecified atom stereocenters. The van der Waals surface area contributed by atoms with Gasteiger partial charge in [0, 0.05) is 12.1 Å². The highest BCUT2D eigenvalue weighted by Crippen LogP contribution is 2.35. The van der Waals surface area contributed by atoms with Gasteiger partial charge in [0.25, 0.3) is 10.0 Å². The maximum atomic E-state index is 12.8. The van der Waals surface area contributed by atoms with E-state index in [1.54, 1.807) is 24.3 Å². The Morgan fingerprint density at radius 1 is 1.17 bits per heavy atom. The van der Waals surface area contributed by atoms with E-state index >= 15 is 0 Å². The van der Waals surface area contributed by atoms with Crippen molar-refractivity contribution in [3.8, 4) is 11.5 Å². The Kier molecular flexibility index (Phi) is 5.05. The number of methoxy groups -OCH3 is 1. The van der Waals surface area contributed by atoms with Gasteiger partial charge in [-0.25, -0.2) is 0 Å². The Morgan fingerprint density at radius 2 is 1.83 bits per heavy atom. The van der Waals surface area contributed by atoms with Crippen LogP contribution < -0.4 is 14.3 Å². The fourth-order valence-corrected chi connectivity index (χ4v) is 5.13. The molecule has 0 N–H and O–H groups in total. The molecule has 10 heteroatoms. The lowest BCUT2D eigenvalue weighted by Crippen LogP contribution is -2.22. The molecule has 4 rings (SSSR count). The smallest absolute Gasteiger partial charge is 0.325 e. The van der Waals surface area contributed by atoms with Crippen molar-refractivity contribution in [2.45, 2.75) is 18.4 Å². The van der Waals surface area contributed by atoms with Crippen LogP contribution in [-0.2, 0) is 26.1 Å². The molecular formula is C19H18N2O6S2. The minimum absolute atomic E-state index is 0.0798. The van der Waals surface area contributed by atoms with Gasteiger partial charge in [-0.1, -0.05) is 29.0 Å². The lowest BCUT2D eigenvalue weighted by atomic mass is 10.2. The van der Waals surface area contributed by atoms with Crippen LogP contribution >= 0.6 is 11.3 Å². The fourth-order valence-electron chi connectivity index (χ4n) is 2.89. The lowest BCUT2D eigenvalue weighted by molar-refractivity contribution is -0.141. The first-order valence-electron chi connectivity index (χ1n) is 8.75. The topological polar surface area (TPSA) is 96.2 Å². The molecule has 0 fully saturated rings. The molecule has 1 aromatic heterocycles. The van der Waals surface area contributed by atoms with Crippen molar-refractivity contribution in [2.24, 2.45) is 4.40 Å². The SMILES string of the molecule is COC(=O)Cn1c(=NS(=O)(=O)c2ccc(C)cc2)sc2cc3c(cc21)OCCO3. The highest BCUT2D eigenvalue weighted by atomic mass is 32.2. The number of fused-ring (bicyclic) bond motifs is 2. The zero-order valence-electron chi connectivity index (χ0n) is 15.7. The van der Waals surface area contributed by atoms with Crippen LogP contribution in [0.2, 0.25) is 0 Å². The first kappa shape index (κ1) is 19.5. The van der Waals surface area contributed by atoms with Gasteiger partial charge in [0.15, 0.2) is 11.5 Å². The lowest BCUT2D eigenvalue weighted by Gasteiger charge is -2.18. The minimum atomic E-state index is -3.96. The van der Waals surface area contributed by atoms with Gasteiger partial charge in [-0.05, 0) is 19.1 Å². The predicted molar refractivity (Wildman–Crippen MR) is 107 cm³/mol. The number of benzene rings is 2. The van der Waals surface area contributed by atoms with E-state index in [-0.39, 0.29) is 16.2 Å². The average molecular weight is 434 g/mol. The van der Waals surface area contributed by atoms with Gasteiger partial charge in [-0.15, -0.1) is 4.40 Å². The molecule has 8 nitrogen and oxygen atoms in total. The molecule has 0 spiro atoms. The highest BCUT2D eigenvalue weighted by Gasteiger charge is 2.20. The second-order valence-corrected chi connectivity index (χ2v) is 9.00. The van der Waals surface area contributed by atoms with Crippen molar-refractivity contribution in [1.29, 1.82) is 0 Å². The number of sulfonamides is 1. The van der Waals surface area contributed by atoms with E-state index in [2.05, 4.69) is 4.40 Å². The van der Waals surface area contributed by atoms with Crippen LogP contribution in [0, 0.1) is 6.92 Å². The van der Waals surface area contributed by atoms with Crippen molar-refractivity contribution in [3.63, 3.8) is 0 Å². The summed E-state index contributed by atoms with van der Waals surface area (Å²) in [7, 11) is -2.69. The summed E-state index contributed by atoms with van der Waals surface area (Å²) in [4.78, 5) is 12.2. The molecule has 2 heterocycles. The minimum Gasteiger partial charge on any atom is -0.486 e. The number of nitrogens with zero attached hydrogens (tertiary/aromatic N) is 2. The van der Waals surface area contributed by atoms with Gasteiger partial charge in [-0.3, -0.25) is 4.79 Å². The second-order valence-electron chi connectivity index (χ2n) is 6.39. The molecule has 0 saturated carbocycles. The van der Waals surface area contributed by atoms with Crippen molar-refractivity contribution in [2.75, 3.05) is 20.3 Å². The van der Waals surface area contributed by atoms with E-state index in [1.807, 2.05) is 6.92 Å². The predicted octanol–water partition coefficient (Wildman–Crippen LogP) is 2.25. The van der Waals surface area contributed by atoms with Crippen molar-refractivity contribution < 1.29 is 27.4 Å². The Hall–Kier alpha value is -2.85. The molecule has 0 saturated heterocycles. The van der Waals surface area contributed by atoms with E-state index in [0.29, 0.717) is 30.2 Å². The standard InChI is InChI=1S/C19H18N2O6S2/c1-12-3-5-13(6-4-12)29(23,24)20-19-21(11-18(22)25-2)14-9-15-16(10-17(14)28-19)27-8-7-26-15/h3-6,9-10H,7-8,11H2,1-2H3. The molecular weight excluding hydrogens is 416 g/mol. The van der Waals surface area contributed by atoms with Crippen LogP contribution in [0.3, 0.4) is 0 Å². The van der Waals surface area contributed by atoms with Crippen LogP contribution in [0.4, 0.5) is 0 Å². The number of aryl methyl sites for hydroxylation is 1. The normalized spacial score (nSPS) is 14.2. The van der Waals surface area contributed by atoms with Gasteiger partial charge < -0.3 is 18.8 Å². The maximum Gasteiger partial charge on any atom is 0.325 e. The van der Waals surface area contributed by atoms with E-state index in [0.717, 1.165) is 21.6 Å². The van der Waals surface area contributed by atoms with E-state index in [4.69, 9.17) is 14.2 Å². The summed E-state index contributed by atoms with van der Waals surface area (Å²) in [6, 6.07) is 9.91. The third kappa shape index (κ3) is 3.85. The summed E-state index contributed by atoms with van der Waals surface area (Å²) in [6.07, 6.45) is 0. The first-order valence-corrected chi connectivity index (χ1v) is 11.0. The molecule has 152 valence electrons. The van der Waals surface area contributed by atoms with Gasteiger partial charge in [0.1, 0.15) is 19.8 Å². The van der Waals surface area contributed by atoms with Crippen LogP contribution in [-0.4, -0.2) is 39.3 Å². The third-order valence-electron chi connectivity index (χ3n) is 4.38. The molecule has 0 aliphatic carbocycles. The van der Waals surface area contributed by atoms with Crippen molar-refractivity contribution in [1.82, 2.24) is 4.57 Å². The zero-order valence-corrected chi connectivity index (χ0v) is 17.4. The summed E-state index contributed by atoms with van der Waals surface area (Å²) in [5, 5.41) is 0. The number of aromatic nitrogens is 1. The number of carbonyl (C=O) groups excluding carboxylic acids is 1. The summed E-state index contributed by atoms with van der Waals surface area (Å²) in [5.74, 6) is 0.588. The first-order chi connectivity index (χ1) is 13.9. The molecule has 0 amide bonds. The molecule has 1 aliphatic heterocycles. The van der Waals surface area contributed by atoms with Crippen LogP contribution in [0.15, 0.2) is 45.7 Å². The van der Waals surface area contributed by atoms with Crippen LogP contribution in [0.25, 0.3) is 10.2 Å². The van der Waals surface area contributed by atoms with Gasteiger partial charge in [0.05, 0.1) is 22.2 Å². The van der Waals surface area contributed by atoms with Gasteiger partial charge in [-0.2, -0.15) is 8.42 Å². The molecule has 0 atom stereocenters. The Balaban J connectivity index is 1.92. The van der Waals surface area contributed by atoms with Crippen LogP contribution in [0.1, 0.15) is 5.56 Å². The summed E-state index contributed by atoms with van der Waals surface area (Å²) in [5.41, 5.74) is 1.56. The van der Waals surface area contributed by atoms with Crippen LogP contribution in [0.5, 0.6) is 11.5 Å². The molecule has 2 aromatic carbocycles. The largest absolute Gasteiger partial charge is 0.486 e. The van der Waals surface area contributed by atoms with E-state index < -0.39 is 16.0 Å². The van der Waals surface area contributed by atoms with E-state index in [9.17, 15) is 13.2 Å². The maximum absolute atomic E-state index is 12.8. The summed E-state index contributed by atoms with van der Waals surface area (Å²) >= 11 is 1.15. The monoisotopic (exact) mass is 434 g/mol. The molecule has 1 aliphatic rings. The fraction of sp³-hybridized carbons (Fsp3) is 0.263. The average Bonchev–Trinajstić information content (AvgIpc) is 3.01. The molecule has 29 heavy (non-hydrogen) atoms. The molecule has 0 bridgehead atoms. The van der Waals surface area contributed by atoms with Crippen molar-refractivity contribution >= 4 is 37.5 Å².